The minimum Gasteiger partial charge on any atom is -1.00 e. The van der Waals surface area contributed by atoms with Gasteiger partial charge in [0, 0.05) is 20.1 Å². The molecule has 1 radical (unpaired) electrons. The minimum absolute atomic E-state index is 0. The summed E-state index contributed by atoms with van der Waals surface area (Å²) in [5.41, 5.74) is 0. The van der Waals surface area contributed by atoms with E-state index in [9.17, 15) is 0 Å². The molecule has 0 aliphatic heterocycles. The summed E-state index contributed by atoms with van der Waals surface area (Å²) in [5.74, 6) is 0. The Kier molecular flexibility index (Phi) is 198. The Morgan fingerprint density at radius 2 is 0.400 bits per heavy atom. The Hall–Kier alpha value is 3.57. The van der Waals surface area contributed by atoms with Crippen LogP contribution in [0, 0.1) is 0 Å². The summed E-state index contributed by atoms with van der Waals surface area (Å²) in [5, 5.41) is 0. The van der Waals surface area contributed by atoms with E-state index in [4.69, 9.17) is 0 Å². The summed E-state index contributed by atoms with van der Waals surface area (Å²) in [6, 6.07) is 0. The van der Waals surface area contributed by atoms with E-state index in [0.717, 1.165) is 0 Å². The first kappa shape index (κ1) is 38.5. The second-order valence-corrected chi connectivity index (χ2v) is 0. The Morgan fingerprint density at radius 1 is 0.400 bits per heavy atom. The fourth-order valence-electron chi connectivity index (χ4n) is 0. The van der Waals surface area contributed by atoms with E-state index in [-0.39, 0.29) is 116 Å². The van der Waals surface area contributed by atoms with Crippen LogP contribution in [-0.4, -0.2) is 0 Å². The molecule has 0 saturated heterocycles. The Balaban J connectivity index is 0. The molecule has 0 amide bonds. The maximum absolute atomic E-state index is 0. The minimum atomic E-state index is 0. The van der Waals surface area contributed by atoms with Crippen molar-refractivity contribution in [3.05, 3.63) is 0 Å². The standard InChI is InChI=1S/4HI.Ir/h4*1H;/p-4. The molecule has 41 valence electrons. The molecule has 0 aromatic heterocycles. The van der Waals surface area contributed by atoms with E-state index < -0.39 is 0 Å². The van der Waals surface area contributed by atoms with Crippen molar-refractivity contribution in [3.63, 3.8) is 0 Å². The van der Waals surface area contributed by atoms with Crippen LogP contribution in [0.1, 0.15) is 0 Å². The van der Waals surface area contributed by atoms with Crippen molar-refractivity contribution in [2.45, 2.75) is 0 Å². The monoisotopic (exact) mass is 701 g/mol. The first-order valence-electron chi connectivity index (χ1n) is 0. The van der Waals surface area contributed by atoms with Gasteiger partial charge in [0.1, 0.15) is 0 Å². The molecule has 0 aliphatic carbocycles. The van der Waals surface area contributed by atoms with Gasteiger partial charge in [0.05, 0.1) is 0 Å². The average Bonchev–Trinajstić information content (AvgIpc) is 0. The third kappa shape index (κ3) is 18.4. The maximum atomic E-state index is 0. The molecule has 0 fully saturated rings. The number of halogens is 4. The van der Waals surface area contributed by atoms with Crippen LogP contribution < -0.4 is 95.9 Å². The Morgan fingerprint density at radius 3 is 0.400 bits per heavy atom. The van der Waals surface area contributed by atoms with E-state index in [1.807, 2.05) is 0 Å². The van der Waals surface area contributed by atoms with E-state index in [1.165, 1.54) is 0 Å². The molecule has 0 bridgehead atoms. The number of hydrogen-bond acceptors (Lipinski definition) is 0. The van der Waals surface area contributed by atoms with Crippen molar-refractivity contribution in [3.8, 4) is 0 Å². The van der Waals surface area contributed by atoms with Gasteiger partial charge in [-0.1, -0.05) is 0 Å². The summed E-state index contributed by atoms with van der Waals surface area (Å²) >= 11 is 0. The third-order valence-electron chi connectivity index (χ3n) is 0. The summed E-state index contributed by atoms with van der Waals surface area (Å²) in [6.45, 7) is 0. The first-order chi connectivity index (χ1) is 0. The maximum Gasteiger partial charge on any atom is 0 e. The van der Waals surface area contributed by atoms with Crippen LogP contribution in [0.5, 0.6) is 0 Å². The topological polar surface area (TPSA) is 0 Å². The molecule has 0 saturated carbocycles. The van der Waals surface area contributed by atoms with E-state index in [0.29, 0.717) is 0 Å². The van der Waals surface area contributed by atoms with Crippen LogP contribution in [0.2, 0.25) is 0 Å². The van der Waals surface area contributed by atoms with Gasteiger partial charge < -0.3 is 95.9 Å². The molecule has 0 heterocycles. The van der Waals surface area contributed by atoms with E-state index in [1.54, 1.807) is 0 Å². The van der Waals surface area contributed by atoms with Crippen molar-refractivity contribution in [1.82, 2.24) is 0 Å². The zero-order chi connectivity index (χ0) is 0. The molecule has 5 heavy (non-hydrogen) atoms. The Labute approximate surface area is 113 Å². The predicted octanol–water partition coefficient (Wildman–Crippen LogP) is -12.0. The average molecular weight is 700 g/mol. The van der Waals surface area contributed by atoms with Crippen LogP contribution in [0.15, 0.2) is 0 Å². The van der Waals surface area contributed by atoms with Crippen molar-refractivity contribution in [1.29, 1.82) is 0 Å². The summed E-state index contributed by atoms with van der Waals surface area (Å²) < 4.78 is 0. The van der Waals surface area contributed by atoms with Crippen LogP contribution in [-0.2, 0) is 20.1 Å². The molecule has 0 nitrogen and oxygen atoms in total. The van der Waals surface area contributed by atoms with Crippen LogP contribution >= 0.6 is 0 Å². The van der Waals surface area contributed by atoms with Gasteiger partial charge >= 0.3 is 0 Å². The van der Waals surface area contributed by atoms with Gasteiger partial charge in [-0.3, -0.25) is 0 Å². The van der Waals surface area contributed by atoms with Gasteiger partial charge in [-0.05, 0) is 0 Å². The van der Waals surface area contributed by atoms with Crippen molar-refractivity contribution in [2.24, 2.45) is 0 Å². The summed E-state index contributed by atoms with van der Waals surface area (Å²) in [4.78, 5) is 0. The van der Waals surface area contributed by atoms with Gasteiger partial charge in [0.25, 0.3) is 0 Å². The molecule has 0 N–H and O–H groups in total. The fourth-order valence-corrected chi connectivity index (χ4v) is 0. The number of hydrogen-bond donors (Lipinski definition) is 0. The molecule has 0 aliphatic rings. The van der Waals surface area contributed by atoms with Crippen molar-refractivity contribution >= 4 is 0 Å². The molecule has 0 unspecified atom stereocenters. The van der Waals surface area contributed by atoms with Gasteiger partial charge in [-0.25, -0.2) is 0 Å². The molecule has 0 rings (SSSR count). The van der Waals surface area contributed by atoms with Crippen molar-refractivity contribution < 1.29 is 116 Å². The molecule has 0 aromatic carbocycles. The van der Waals surface area contributed by atoms with Crippen LogP contribution in [0.4, 0.5) is 0 Å². The normalized spacial score (nSPS) is 0. The summed E-state index contributed by atoms with van der Waals surface area (Å²) in [6.07, 6.45) is 0. The second kappa shape index (κ2) is 25.6. The quantitative estimate of drug-likeness (QED) is 0.221. The molecule has 0 spiro atoms. The van der Waals surface area contributed by atoms with Gasteiger partial charge in [0.2, 0.25) is 0 Å². The smallest absolute Gasteiger partial charge is 0 e. The van der Waals surface area contributed by atoms with E-state index in [2.05, 4.69) is 0 Å². The predicted molar refractivity (Wildman–Crippen MR) is 0 cm³/mol. The second-order valence-electron chi connectivity index (χ2n) is 0. The first-order valence-corrected chi connectivity index (χ1v) is 0. The van der Waals surface area contributed by atoms with Gasteiger partial charge in [-0.2, -0.15) is 0 Å². The fraction of sp³-hybridized carbons (Fsp3) is 0. The molecule has 5 heteroatoms. The summed E-state index contributed by atoms with van der Waals surface area (Å²) in [7, 11) is 0. The molecular formula is I4Ir-4. The Bertz CT molecular complexity index is 3.61. The number of rotatable bonds is 0. The molecule has 0 aromatic rings. The zero-order valence-corrected chi connectivity index (χ0v) is 12.9. The zero-order valence-electron chi connectivity index (χ0n) is 1.85. The largest absolute Gasteiger partial charge is 1.00 e. The third-order valence-corrected chi connectivity index (χ3v) is 0. The molecule has 0 atom stereocenters. The van der Waals surface area contributed by atoms with Gasteiger partial charge in [0.15, 0.2) is 0 Å². The van der Waals surface area contributed by atoms with Crippen LogP contribution in [0.25, 0.3) is 0 Å². The van der Waals surface area contributed by atoms with Crippen molar-refractivity contribution in [2.75, 3.05) is 0 Å². The van der Waals surface area contributed by atoms with Crippen LogP contribution in [0.3, 0.4) is 0 Å². The van der Waals surface area contributed by atoms with E-state index >= 15 is 0 Å². The van der Waals surface area contributed by atoms with Gasteiger partial charge in [-0.15, -0.1) is 0 Å². The molecular weight excluding hydrogens is 700 g/mol. The SMILES string of the molecule is [I-].[I-].[I-].[I-].[Ir].